The lowest BCUT2D eigenvalue weighted by molar-refractivity contribution is 0.0170. The highest BCUT2D eigenvalue weighted by molar-refractivity contribution is 5.79. The molecule has 162 valence electrons. The van der Waals surface area contributed by atoms with Crippen LogP contribution in [-0.2, 0) is 17.9 Å². The van der Waals surface area contributed by atoms with E-state index in [-0.39, 0.29) is 24.0 Å². The molecular weight excluding hydrogens is 390 g/mol. The van der Waals surface area contributed by atoms with E-state index in [4.69, 9.17) is 4.74 Å². The molecule has 1 heterocycles. The molecule has 1 saturated heterocycles. The Morgan fingerprint density at radius 1 is 1.13 bits per heavy atom. The summed E-state index contributed by atoms with van der Waals surface area (Å²) < 4.78 is 32.4. The van der Waals surface area contributed by atoms with Crippen molar-refractivity contribution in [2.45, 2.75) is 19.2 Å². The zero-order chi connectivity index (χ0) is 21.3. The predicted molar refractivity (Wildman–Crippen MR) is 112 cm³/mol. The SMILES string of the molecule is CN=C(NCc1ccc(F)c(CO)c1)NCC(c1ccc(F)cc1)N1CCOCC1. The van der Waals surface area contributed by atoms with Gasteiger partial charge in [-0.25, -0.2) is 8.78 Å². The van der Waals surface area contributed by atoms with Crippen LogP contribution < -0.4 is 10.6 Å². The van der Waals surface area contributed by atoms with Gasteiger partial charge in [-0.2, -0.15) is 0 Å². The number of hydrogen-bond acceptors (Lipinski definition) is 4. The molecule has 0 bridgehead atoms. The molecule has 2 aromatic rings. The minimum absolute atomic E-state index is 0.0415. The van der Waals surface area contributed by atoms with Crippen LogP contribution >= 0.6 is 0 Å². The monoisotopic (exact) mass is 418 g/mol. The average Bonchev–Trinajstić information content (AvgIpc) is 2.78. The van der Waals surface area contributed by atoms with Crippen LogP contribution in [0.3, 0.4) is 0 Å². The number of aliphatic imine (C=N–C) groups is 1. The largest absolute Gasteiger partial charge is 0.392 e. The topological polar surface area (TPSA) is 69.1 Å². The third kappa shape index (κ3) is 5.98. The molecule has 0 aromatic heterocycles. The molecule has 1 aliphatic heterocycles. The van der Waals surface area contributed by atoms with Gasteiger partial charge in [0.25, 0.3) is 0 Å². The number of morpholine rings is 1. The summed E-state index contributed by atoms with van der Waals surface area (Å²) in [4.78, 5) is 6.57. The Kier molecular flexibility index (Phi) is 8.12. The highest BCUT2D eigenvalue weighted by atomic mass is 19.1. The van der Waals surface area contributed by atoms with Crippen LogP contribution in [-0.4, -0.2) is 55.9 Å². The van der Waals surface area contributed by atoms with Crippen molar-refractivity contribution in [2.75, 3.05) is 39.9 Å². The van der Waals surface area contributed by atoms with Crippen molar-refractivity contribution in [3.05, 3.63) is 70.8 Å². The van der Waals surface area contributed by atoms with Crippen LogP contribution in [0.1, 0.15) is 22.7 Å². The molecule has 6 nitrogen and oxygen atoms in total. The standard InChI is InChI=1S/C22H28F2N4O2/c1-25-22(26-13-16-2-7-20(24)18(12-16)15-29)27-14-21(28-8-10-30-11-9-28)17-3-5-19(23)6-4-17/h2-7,12,21,29H,8-11,13-15H2,1H3,(H2,25,26,27). The van der Waals surface area contributed by atoms with Crippen molar-refractivity contribution in [1.82, 2.24) is 15.5 Å². The summed E-state index contributed by atoms with van der Waals surface area (Å²) in [6, 6.07) is 11.3. The third-order valence-electron chi connectivity index (χ3n) is 5.17. The maximum Gasteiger partial charge on any atom is 0.191 e. The molecule has 8 heteroatoms. The van der Waals surface area contributed by atoms with Gasteiger partial charge < -0.3 is 20.5 Å². The molecule has 3 N–H and O–H groups in total. The quantitative estimate of drug-likeness (QED) is 0.475. The molecule has 0 saturated carbocycles. The van der Waals surface area contributed by atoms with Gasteiger partial charge in [0.2, 0.25) is 0 Å². The number of rotatable bonds is 7. The van der Waals surface area contributed by atoms with Gasteiger partial charge in [0.1, 0.15) is 11.6 Å². The fourth-order valence-electron chi connectivity index (χ4n) is 3.49. The maximum absolute atomic E-state index is 13.6. The first-order chi connectivity index (χ1) is 14.6. The minimum Gasteiger partial charge on any atom is -0.392 e. The second kappa shape index (κ2) is 11.0. The van der Waals surface area contributed by atoms with Crippen LogP contribution in [0.2, 0.25) is 0 Å². The zero-order valence-corrected chi connectivity index (χ0v) is 17.1. The smallest absolute Gasteiger partial charge is 0.191 e. The first-order valence-corrected chi connectivity index (χ1v) is 10.0. The molecule has 1 fully saturated rings. The van der Waals surface area contributed by atoms with Crippen LogP contribution in [0.25, 0.3) is 0 Å². The van der Waals surface area contributed by atoms with E-state index in [1.807, 2.05) is 12.1 Å². The summed E-state index contributed by atoms with van der Waals surface area (Å²) in [5.74, 6) is -0.0758. The lowest BCUT2D eigenvalue weighted by Crippen LogP contribution is -2.46. The van der Waals surface area contributed by atoms with Crippen LogP contribution in [0.4, 0.5) is 8.78 Å². The molecule has 0 aliphatic carbocycles. The lowest BCUT2D eigenvalue weighted by Gasteiger charge is -2.35. The zero-order valence-electron chi connectivity index (χ0n) is 17.1. The molecule has 2 aromatic carbocycles. The summed E-state index contributed by atoms with van der Waals surface area (Å²) in [7, 11) is 1.68. The molecule has 30 heavy (non-hydrogen) atoms. The highest BCUT2D eigenvalue weighted by Gasteiger charge is 2.23. The number of aliphatic hydroxyl groups excluding tert-OH is 1. The molecule has 0 spiro atoms. The molecule has 0 radical (unpaired) electrons. The number of nitrogens with one attached hydrogen (secondary N) is 2. The van der Waals surface area contributed by atoms with Crippen molar-refractivity contribution in [1.29, 1.82) is 0 Å². The first-order valence-electron chi connectivity index (χ1n) is 10.0. The van der Waals surface area contributed by atoms with Gasteiger partial charge >= 0.3 is 0 Å². The number of halogens is 2. The molecule has 0 amide bonds. The number of ether oxygens (including phenoxy) is 1. The maximum atomic E-state index is 13.6. The van der Waals surface area contributed by atoms with Gasteiger partial charge in [-0.3, -0.25) is 9.89 Å². The number of guanidine groups is 1. The minimum atomic E-state index is -0.420. The van der Waals surface area contributed by atoms with E-state index in [1.54, 1.807) is 19.2 Å². The normalized spacial score (nSPS) is 16.3. The van der Waals surface area contributed by atoms with Gasteiger partial charge in [-0.05, 0) is 35.4 Å². The van der Waals surface area contributed by atoms with E-state index in [0.29, 0.717) is 32.3 Å². The third-order valence-corrected chi connectivity index (χ3v) is 5.17. The van der Waals surface area contributed by atoms with Crippen molar-refractivity contribution in [2.24, 2.45) is 4.99 Å². The van der Waals surface area contributed by atoms with E-state index in [9.17, 15) is 13.9 Å². The Morgan fingerprint density at radius 2 is 1.87 bits per heavy atom. The van der Waals surface area contributed by atoms with Crippen LogP contribution in [0.15, 0.2) is 47.5 Å². The Bertz CT molecular complexity index is 840. The fraction of sp³-hybridized carbons (Fsp3) is 0.409. The van der Waals surface area contributed by atoms with E-state index < -0.39 is 5.82 Å². The molecule has 3 rings (SSSR count). The van der Waals surface area contributed by atoms with Gasteiger partial charge in [-0.1, -0.05) is 18.2 Å². The Labute approximate surface area is 175 Å². The fourth-order valence-corrected chi connectivity index (χ4v) is 3.49. The summed E-state index contributed by atoms with van der Waals surface area (Å²) in [5.41, 5.74) is 2.12. The molecule has 1 unspecified atom stereocenters. The number of hydrogen-bond donors (Lipinski definition) is 3. The summed E-state index contributed by atoms with van der Waals surface area (Å²) >= 11 is 0. The molecule has 1 aliphatic rings. The second-order valence-corrected chi connectivity index (χ2v) is 7.11. The van der Waals surface area contributed by atoms with Crippen molar-refractivity contribution in [3.8, 4) is 0 Å². The van der Waals surface area contributed by atoms with Gasteiger partial charge in [-0.15, -0.1) is 0 Å². The van der Waals surface area contributed by atoms with Crippen LogP contribution in [0.5, 0.6) is 0 Å². The van der Waals surface area contributed by atoms with Gasteiger partial charge in [0.05, 0.1) is 25.9 Å². The van der Waals surface area contributed by atoms with Crippen molar-refractivity contribution >= 4 is 5.96 Å². The number of benzene rings is 2. The Morgan fingerprint density at radius 3 is 2.53 bits per heavy atom. The highest BCUT2D eigenvalue weighted by Crippen LogP contribution is 2.21. The van der Waals surface area contributed by atoms with Crippen molar-refractivity contribution < 1.29 is 18.6 Å². The molecular formula is C22H28F2N4O2. The summed E-state index contributed by atoms with van der Waals surface area (Å²) in [6.45, 7) is 3.61. The number of aliphatic hydroxyl groups is 1. The number of nitrogens with zero attached hydrogens (tertiary/aromatic N) is 2. The Hall–Kier alpha value is -2.55. The van der Waals surface area contributed by atoms with E-state index >= 15 is 0 Å². The molecule has 1 atom stereocenters. The van der Waals surface area contributed by atoms with Crippen LogP contribution in [0, 0.1) is 11.6 Å². The summed E-state index contributed by atoms with van der Waals surface area (Å²) in [6.07, 6.45) is 0. The Balaban J connectivity index is 1.63. The van der Waals surface area contributed by atoms with Crippen molar-refractivity contribution in [3.63, 3.8) is 0 Å². The van der Waals surface area contributed by atoms with E-state index in [2.05, 4.69) is 20.5 Å². The predicted octanol–water partition coefficient (Wildman–Crippen LogP) is 2.20. The van der Waals surface area contributed by atoms with Gasteiger partial charge in [0, 0.05) is 38.8 Å². The average molecular weight is 418 g/mol. The van der Waals surface area contributed by atoms with E-state index in [1.165, 1.54) is 18.2 Å². The summed E-state index contributed by atoms with van der Waals surface area (Å²) in [5, 5.41) is 15.8. The second-order valence-electron chi connectivity index (χ2n) is 7.11. The lowest BCUT2D eigenvalue weighted by atomic mass is 10.0. The van der Waals surface area contributed by atoms with Gasteiger partial charge in [0.15, 0.2) is 5.96 Å². The first kappa shape index (κ1) is 22.1. The van der Waals surface area contributed by atoms with E-state index in [0.717, 1.165) is 24.2 Å².